The number of halogens is 1. The molecule has 1 aliphatic rings. The van der Waals surface area contributed by atoms with E-state index in [9.17, 15) is 4.79 Å². The number of anilines is 1. The van der Waals surface area contributed by atoms with E-state index in [-0.39, 0.29) is 11.4 Å². The number of hydrogen-bond acceptors (Lipinski definition) is 4. The molecule has 1 aliphatic heterocycles. The van der Waals surface area contributed by atoms with Crippen LogP contribution in [0.25, 0.3) is 0 Å². The van der Waals surface area contributed by atoms with Gasteiger partial charge >= 0.3 is 0 Å². The van der Waals surface area contributed by atoms with Crippen molar-refractivity contribution in [2.75, 3.05) is 51.8 Å². The summed E-state index contributed by atoms with van der Waals surface area (Å²) in [6.07, 6.45) is 0.333. The van der Waals surface area contributed by atoms with Gasteiger partial charge in [-0.05, 0) is 38.5 Å². The van der Waals surface area contributed by atoms with Gasteiger partial charge in [0.1, 0.15) is 0 Å². The lowest BCUT2D eigenvalue weighted by atomic mass is 10.0. The summed E-state index contributed by atoms with van der Waals surface area (Å²) < 4.78 is 5.43. The van der Waals surface area contributed by atoms with Crippen molar-refractivity contribution >= 4 is 29.2 Å². The molecule has 8 heteroatoms. The zero-order chi connectivity index (χ0) is 20.6. The van der Waals surface area contributed by atoms with Crippen LogP contribution in [0.15, 0.2) is 23.2 Å². The smallest absolute Gasteiger partial charge is 0.226 e. The first-order valence-corrected chi connectivity index (χ1v) is 10.0. The second-order valence-corrected chi connectivity index (χ2v) is 7.88. The number of carbonyl (C=O) groups excluding carboxylic acids is 1. The van der Waals surface area contributed by atoms with Crippen molar-refractivity contribution in [3.8, 4) is 0 Å². The van der Waals surface area contributed by atoms with Crippen molar-refractivity contribution in [2.24, 2.45) is 4.99 Å². The average Bonchev–Trinajstić information content (AvgIpc) is 2.69. The maximum Gasteiger partial charge on any atom is 0.226 e. The fraction of sp³-hybridized carbons (Fsp3) is 0.600. The maximum absolute atomic E-state index is 12.2. The summed E-state index contributed by atoms with van der Waals surface area (Å²) in [7, 11) is 1.73. The zero-order valence-corrected chi connectivity index (χ0v) is 18.0. The number of guanidine groups is 1. The Morgan fingerprint density at radius 1 is 1.29 bits per heavy atom. The monoisotopic (exact) mass is 409 g/mol. The van der Waals surface area contributed by atoms with E-state index in [2.05, 4.69) is 39.7 Å². The molecule has 0 radical (unpaired) electrons. The average molecular weight is 410 g/mol. The molecule has 0 aromatic heterocycles. The highest BCUT2D eigenvalue weighted by molar-refractivity contribution is 6.31. The molecule has 1 aromatic carbocycles. The van der Waals surface area contributed by atoms with Crippen molar-refractivity contribution in [1.82, 2.24) is 15.5 Å². The van der Waals surface area contributed by atoms with Crippen molar-refractivity contribution < 1.29 is 9.53 Å². The van der Waals surface area contributed by atoms with Gasteiger partial charge < -0.3 is 20.7 Å². The minimum absolute atomic E-state index is 0.0110. The van der Waals surface area contributed by atoms with Gasteiger partial charge in [-0.1, -0.05) is 17.7 Å². The Kier molecular flexibility index (Phi) is 8.54. The molecule has 3 N–H and O–H groups in total. The first-order chi connectivity index (χ1) is 13.3. The highest BCUT2D eigenvalue weighted by Gasteiger charge is 2.28. The van der Waals surface area contributed by atoms with E-state index in [0.29, 0.717) is 23.9 Å². The second kappa shape index (κ2) is 10.6. The highest BCUT2D eigenvalue weighted by Crippen LogP contribution is 2.22. The summed E-state index contributed by atoms with van der Waals surface area (Å²) >= 11 is 6.09. The third-order valence-electron chi connectivity index (χ3n) is 4.97. The number of hydrogen-bond donors (Lipinski definition) is 3. The van der Waals surface area contributed by atoms with Crippen LogP contribution in [0, 0.1) is 6.92 Å². The Bertz CT molecular complexity index is 687. The maximum atomic E-state index is 12.2. The topological polar surface area (TPSA) is 78.0 Å². The van der Waals surface area contributed by atoms with E-state index in [1.54, 1.807) is 7.05 Å². The number of ether oxygens (including phenoxy) is 1. The van der Waals surface area contributed by atoms with Crippen LogP contribution in [0.4, 0.5) is 5.69 Å². The van der Waals surface area contributed by atoms with Crippen molar-refractivity contribution in [2.45, 2.75) is 32.7 Å². The molecule has 0 saturated carbocycles. The molecule has 0 unspecified atom stereocenters. The molecular weight excluding hydrogens is 378 g/mol. The quantitative estimate of drug-likeness (QED) is 0.475. The van der Waals surface area contributed by atoms with Crippen LogP contribution in [0.1, 0.15) is 25.8 Å². The van der Waals surface area contributed by atoms with E-state index >= 15 is 0 Å². The molecule has 0 aliphatic carbocycles. The number of nitrogens with zero attached hydrogens (tertiary/aromatic N) is 2. The van der Waals surface area contributed by atoms with Gasteiger partial charge in [0, 0.05) is 55.9 Å². The van der Waals surface area contributed by atoms with E-state index in [1.807, 2.05) is 25.1 Å². The predicted octanol–water partition coefficient (Wildman–Crippen LogP) is 2.25. The van der Waals surface area contributed by atoms with Crippen LogP contribution in [-0.2, 0) is 9.53 Å². The Balaban J connectivity index is 1.74. The minimum atomic E-state index is -0.0676. The van der Waals surface area contributed by atoms with Gasteiger partial charge in [0.25, 0.3) is 0 Å². The first-order valence-electron chi connectivity index (χ1n) is 9.66. The standard InChI is InChI=1S/C20H32ClN5O2/c1-15-16(21)6-5-7-17(15)25-18(27)8-9-23-19(22-4)24-14-20(2,3)26-10-12-28-13-11-26/h5-7H,8-14H2,1-4H3,(H,25,27)(H2,22,23,24). The van der Waals surface area contributed by atoms with Gasteiger partial charge in [-0.3, -0.25) is 14.7 Å². The Hall–Kier alpha value is -1.83. The highest BCUT2D eigenvalue weighted by atomic mass is 35.5. The van der Waals surface area contributed by atoms with Gasteiger partial charge in [-0.15, -0.1) is 0 Å². The summed E-state index contributed by atoms with van der Waals surface area (Å²) in [5.74, 6) is 0.620. The summed E-state index contributed by atoms with van der Waals surface area (Å²) in [6, 6.07) is 5.48. The zero-order valence-electron chi connectivity index (χ0n) is 17.3. The molecule has 28 heavy (non-hydrogen) atoms. The third-order valence-corrected chi connectivity index (χ3v) is 5.37. The fourth-order valence-corrected chi connectivity index (χ4v) is 3.23. The van der Waals surface area contributed by atoms with Crippen LogP contribution >= 0.6 is 11.6 Å². The molecule has 0 spiro atoms. The van der Waals surface area contributed by atoms with Gasteiger partial charge in [0.2, 0.25) is 5.91 Å². The van der Waals surface area contributed by atoms with Crippen molar-refractivity contribution in [3.05, 3.63) is 28.8 Å². The molecule has 1 amide bonds. The number of rotatable bonds is 7. The lowest BCUT2D eigenvalue weighted by molar-refractivity contribution is -0.116. The number of nitrogens with one attached hydrogen (secondary N) is 3. The van der Waals surface area contributed by atoms with E-state index in [0.717, 1.165) is 44.1 Å². The Morgan fingerprint density at radius 2 is 2.00 bits per heavy atom. The molecule has 1 saturated heterocycles. The number of aliphatic imine (C=N–C) groups is 1. The van der Waals surface area contributed by atoms with Crippen LogP contribution in [0.5, 0.6) is 0 Å². The third kappa shape index (κ3) is 6.65. The Morgan fingerprint density at radius 3 is 2.68 bits per heavy atom. The van der Waals surface area contributed by atoms with Crippen LogP contribution in [-0.4, -0.2) is 68.7 Å². The fourth-order valence-electron chi connectivity index (χ4n) is 3.05. The van der Waals surface area contributed by atoms with E-state index in [1.165, 1.54) is 0 Å². The number of benzene rings is 1. The van der Waals surface area contributed by atoms with E-state index < -0.39 is 0 Å². The molecule has 0 atom stereocenters. The number of amides is 1. The van der Waals surface area contributed by atoms with Gasteiger partial charge in [-0.2, -0.15) is 0 Å². The van der Waals surface area contributed by atoms with Crippen LogP contribution in [0.2, 0.25) is 5.02 Å². The van der Waals surface area contributed by atoms with E-state index in [4.69, 9.17) is 16.3 Å². The number of morpholine rings is 1. The molecule has 1 aromatic rings. The summed E-state index contributed by atoms with van der Waals surface area (Å²) in [5, 5.41) is 10.1. The summed E-state index contributed by atoms with van der Waals surface area (Å²) in [5.41, 5.74) is 1.60. The molecule has 7 nitrogen and oxygen atoms in total. The van der Waals surface area contributed by atoms with Crippen LogP contribution < -0.4 is 16.0 Å². The molecule has 0 bridgehead atoms. The molecular formula is C20H32ClN5O2. The number of carbonyl (C=O) groups is 1. The summed E-state index contributed by atoms with van der Waals surface area (Å²) in [6.45, 7) is 11.0. The van der Waals surface area contributed by atoms with Gasteiger partial charge in [0.05, 0.1) is 13.2 Å². The van der Waals surface area contributed by atoms with Gasteiger partial charge in [0.15, 0.2) is 5.96 Å². The Labute approximate surface area is 172 Å². The lowest BCUT2D eigenvalue weighted by Gasteiger charge is -2.41. The molecule has 2 rings (SSSR count). The van der Waals surface area contributed by atoms with Crippen molar-refractivity contribution in [1.29, 1.82) is 0 Å². The van der Waals surface area contributed by atoms with Crippen LogP contribution in [0.3, 0.4) is 0 Å². The minimum Gasteiger partial charge on any atom is -0.379 e. The molecule has 156 valence electrons. The largest absolute Gasteiger partial charge is 0.379 e. The SMILES string of the molecule is CN=C(NCCC(=O)Nc1cccc(Cl)c1C)NCC(C)(C)N1CCOCC1. The first kappa shape index (κ1) is 22.5. The molecule has 1 fully saturated rings. The normalized spacial score (nSPS) is 16.0. The summed E-state index contributed by atoms with van der Waals surface area (Å²) in [4.78, 5) is 18.9. The second-order valence-electron chi connectivity index (χ2n) is 7.47. The predicted molar refractivity (Wildman–Crippen MR) is 115 cm³/mol. The molecule has 1 heterocycles. The lowest BCUT2D eigenvalue weighted by Crippen LogP contribution is -2.56. The van der Waals surface area contributed by atoms with Crippen molar-refractivity contribution in [3.63, 3.8) is 0 Å². The van der Waals surface area contributed by atoms with Gasteiger partial charge in [-0.25, -0.2) is 0 Å².